The van der Waals surface area contributed by atoms with E-state index in [1.807, 2.05) is 13.8 Å². The van der Waals surface area contributed by atoms with Crippen molar-refractivity contribution in [2.45, 2.75) is 52.1 Å². The van der Waals surface area contributed by atoms with Gasteiger partial charge in [-0.25, -0.2) is 0 Å². The number of aliphatic hydroxyl groups is 2. The molecule has 2 N–H and O–H groups in total. The first kappa shape index (κ1) is 11.9. The lowest BCUT2D eigenvalue weighted by atomic mass is 9.84. The van der Waals surface area contributed by atoms with Crippen molar-refractivity contribution in [3.63, 3.8) is 0 Å². The maximum atomic E-state index is 9.85. The van der Waals surface area contributed by atoms with E-state index in [1.165, 1.54) is 6.42 Å². The summed E-state index contributed by atoms with van der Waals surface area (Å²) in [6.07, 6.45) is 3.85. The van der Waals surface area contributed by atoms with Crippen LogP contribution in [-0.2, 0) is 0 Å². The fraction of sp³-hybridized carbons (Fsp3) is 1.00. The van der Waals surface area contributed by atoms with Gasteiger partial charge in [0.2, 0.25) is 0 Å². The smallest absolute Gasteiger partial charge is 0.0667 e. The predicted molar refractivity (Wildman–Crippen MR) is 51.0 cm³/mol. The predicted octanol–water partition coefficient (Wildman–Crippen LogP) is 1.95. The Kier molecular flexibility index (Phi) is 5.51. The Morgan fingerprint density at radius 2 is 2.00 bits per heavy atom. The zero-order valence-corrected chi connectivity index (χ0v) is 8.51. The molecule has 2 atom stereocenters. The van der Waals surface area contributed by atoms with Gasteiger partial charge in [-0.2, -0.15) is 0 Å². The first-order chi connectivity index (χ1) is 5.54. The summed E-state index contributed by atoms with van der Waals surface area (Å²) in [7, 11) is 0. The van der Waals surface area contributed by atoms with E-state index in [4.69, 9.17) is 5.11 Å². The number of rotatable bonds is 6. The summed E-state index contributed by atoms with van der Waals surface area (Å²) < 4.78 is 0. The van der Waals surface area contributed by atoms with E-state index in [-0.39, 0.29) is 12.5 Å². The van der Waals surface area contributed by atoms with Crippen LogP contribution in [0.25, 0.3) is 0 Å². The molecule has 2 heteroatoms. The molecule has 0 saturated heterocycles. The van der Waals surface area contributed by atoms with Gasteiger partial charge in [-0.05, 0) is 25.7 Å². The normalized spacial score (nSPS) is 18.8. The van der Waals surface area contributed by atoms with Crippen molar-refractivity contribution in [1.29, 1.82) is 0 Å². The fourth-order valence-corrected chi connectivity index (χ4v) is 1.29. The molecule has 0 aliphatic rings. The van der Waals surface area contributed by atoms with Gasteiger partial charge in [-0.1, -0.05) is 26.7 Å². The molecule has 0 aromatic carbocycles. The highest BCUT2D eigenvalue weighted by Gasteiger charge is 2.26. The summed E-state index contributed by atoms with van der Waals surface area (Å²) in [4.78, 5) is 0. The average molecular weight is 174 g/mol. The van der Waals surface area contributed by atoms with Gasteiger partial charge in [0.1, 0.15) is 0 Å². The Morgan fingerprint density at radius 3 is 2.42 bits per heavy atom. The summed E-state index contributed by atoms with van der Waals surface area (Å²) >= 11 is 0. The van der Waals surface area contributed by atoms with Crippen molar-refractivity contribution in [1.82, 2.24) is 0 Å². The van der Waals surface area contributed by atoms with Crippen molar-refractivity contribution in [2.24, 2.45) is 5.92 Å². The summed E-state index contributed by atoms with van der Waals surface area (Å²) in [6.45, 7) is 6.08. The molecule has 0 amide bonds. The molecule has 0 aromatic heterocycles. The van der Waals surface area contributed by atoms with E-state index in [2.05, 4.69) is 6.92 Å². The van der Waals surface area contributed by atoms with Gasteiger partial charge in [0.15, 0.2) is 0 Å². The maximum Gasteiger partial charge on any atom is 0.0667 e. The molecule has 2 nitrogen and oxygen atoms in total. The first-order valence-corrected chi connectivity index (χ1v) is 4.87. The summed E-state index contributed by atoms with van der Waals surface area (Å²) in [5, 5.41) is 18.6. The maximum absolute atomic E-state index is 9.85. The number of aliphatic hydroxyl groups excluding tert-OH is 1. The fourth-order valence-electron chi connectivity index (χ4n) is 1.29. The summed E-state index contributed by atoms with van der Waals surface area (Å²) in [6, 6.07) is 0. The van der Waals surface area contributed by atoms with Crippen LogP contribution >= 0.6 is 0 Å². The monoisotopic (exact) mass is 174 g/mol. The minimum absolute atomic E-state index is 0.0729. The molecule has 74 valence electrons. The zero-order chi connectivity index (χ0) is 9.61. The molecule has 0 rings (SSSR count). The molecule has 0 heterocycles. The van der Waals surface area contributed by atoms with Gasteiger partial charge in [0.05, 0.1) is 5.60 Å². The van der Waals surface area contributed by atoms with Gasteiger partial charge < -0.3 is 10.2 Å². The molecule has 12 heavy (non-hydrogen) atoms. The zero-order valence-electron chi connectivity index (χ0n) is 8.51. The Morgan fingerprint density at radius 1 is 1.42 bits per heavy atom. The minimum Gasteiger partial charge on any atom is -0.396 e. The lowest BCUT2D eigenvalue weighted by Gasteiger charge is -2.29. The third-order valence-corrected chi connectivity index (χ3v) is 2.67. The number of hydrogen-bond donors (Lipinski definition) is 2. The van der Waals surface area contributed by atoms with Crippen LogP contribution in [0.4, 0.5) is 0 Å². The molecule has 0 spiro atoms. The second kappa shape index (κ2) is 5.55. The van der Waals surface area contributed by atoms with Crippen LogP contribution in [0.5, 0.6) is 0 Å². The highest BCUT2D eigenvalue weighted by atomic mass is 16.3. The van der Waals surface area contributed by atoms with Gasteiger partial charge in [-0.15, -0.1) is 0 Å². The van der Waals surface area contributed by atoms with Gasteiger partial charge in [0, 0.05) is 6.61 Å². The van der Waals surface area contributed by atoms with Crippen molar-refractivity contribution in [3.05, 3.63) is 0 Å². The highest BCUT2D eigenvalue weighted by Crippen LogP contribution is 2.24. The second-order valence-electron chi connectivity index (χ2n) is 3.87. The summed E-state index contributed by atoms with van der Waals surface area (Å²) in [5.74, 6) is 0.282. The van der Waals surface area contributed by atoms with E-state index in [1.54, 1.807) is 0 Å². The largest absolute Gasteiger partial charge is 0.396 e. The lowest BCUT2D eigenvalue weighted by molar-refractivity contribution is -0.0179. The first-order valence-electron chi connectivity index (χ1n) is 4.87. The van der Waals surface area contributed by atoms with Crippen LogP contribution in [0.1, 0.15) is 46.5 Å². The van der Waals surface area contributed by atoms with Crippen LogP contribution in [0.2, 0.25) is 0 Å². The van der Waals surface area contributed by atoms with Gasteiger partial charge >= 0.3 is 0 Å². The van der Waals surface area contributed by atoms with Crippen LogP contribution in [0.3, 0.4) is 0 Å². The standard InChI is InChI=1S/C10H22O2/c1-4-5-6-9(2)10(3,12)7-8-11/h9,11-12H,4-8H2,1-3H3. The number of hydrogen-bond acceptors (Lipinski definition) is 2. The minimum atomic E-state index is -0.691. The van der Waals surface area contributed by atoms with E-state index in [9.17, 15) is 5.11 Å². The average Bonchev–Trinajstić information content (AvgIpc) is 2.00. The highest BCUT2D eigenvalue weighted by molar-refractivity contribution is 4.78. The molecule has 2 unspecified atom stereocenters. The van der Waals surface area contributed by atoms with Crippen molar-refractivity contribution < 1.29 is 10.2 Å². The van der Waals surface area contributed by atoms with E-state index >= 15 is 0 Å². The Balaban J connectivity index is 3.79. The van der Waals surface area contributed by atoms with E-state index in [0.29, 0.717) is 6.42 Å². The molecular weight excluding hydrogens is 152 g/mol. The van der Waals surface area contributed by atoms with Crippen LogP contribution in [0.15, 0.2) is 0 Å². The van der Waals surface area contributed by atoms with Crippen LogP contribution in [-0.4, -0.2) is 22.4 Å². The quantitative estimate of drug-likeness (QED) is 0.646. The Labute approximate surface area is 75.6 Å². The van der Waals surface area contributed by atoms with Crippen molar-refractivity contribution >= 4 is 0 Å². The lowest BCUT2D eigenvalue weighted by Crippen LogP contribution is -2.33. The Hall–Kier alpha value is -0.0800. The van der Waals surface area contributed by atoms with E-state index in [0.717, 1.165) is 12.8 Å². The molecule has 0 aliphatic carbocycles. The third kappa shape index (κ3) is 4.07. The van der Waals surface area contributed by atoms with Crippen LogP contribution in [0, 0.1) is 5.92 Å². The summed E-state index contributed by atoms with van der Waals surface area (Å²) in [5.41, 5.74) is -0.691. The molecule has 0 fully saturated rings. The Bertz CT molecular complexity index is 110. The van der Waals surface area contributed by atoms with Crippen molar-refractivity contribution in [2.75, 3.05) is 6.61 Å². The molecule has 0 radical (unpaired) electrons. The molecule has 0 bridgehead atoms. The second-order valence-corrected chi connectivity index (χ2v) is 3.87. The third-order valence-electron chi connectivity index (χ3n) is 2.67. The van der Waals surface area contributed by atoms with Crippen LogP contribution < -0.4 is 0 Å². The van der Waals surface area contributed by atoms with Gasteiger partial charge in [-0.3, -0.25) is 0 Å². The molecule has 0 saturated carbocycles. The molecule has 0 aromatic rings. The topological polar surface area (TPSA) is 40.5 Å². The number of unbranched alkanes of at least 4 members (excludes halogenated alkanes) is 1. The van der Waals surface area contributed by atoms with E-state index < -0.39 is 5.60 Å². The molecule has 0 aliphatic heterocycles. The van der Waals surface area contributed by atoms with Crippen molar-refractivity contribution in [3.8, 4) is 0 Å². The SMILES string of the molecule is CCCCC(C)C(C)(O)CCO. The van der Waals surface area contributed by atoms with Gasteiger partial charge in [0.25, 0.3) is 0 Å². The molecular formula is C10H22O2.